The van der Waals surface area contributed by atoms with Gasteiger partial charge in [0.1, 0.15) is 30.5 Å². The lowest BCUT2D eigenvalue weighted by atomic mass is 10.00. The molecule has 0 unspecified atom stereocenters. The number of aromatic nitrogens is 2. The van der Waals surface area contributed by atoms with Gasteiger partial charge in [0.25, 0.3) is 5.91 Å². The van der Waals surface area contributed by atoms with Crippen LogP contribution in [0.4, 0.5) is 17.2 Å². The van der Waals surface area contributed by atoms with Gasteiger partial charge in [0.15, 0.2) is 0 Å². The third-order valence-electron chi connectivity index (χ3n) is 4.50. The second-order valence-corrected chi connectivity index (χ2v) is 6.20. The maximum atomic E-state index is 13.0. The van der Waals surface area contributed by atoms with Crippen LogP contribution in [0.25, 0.3) is 0 Å². The second kappa shape index (κ2) is 6.65. The van der Waals surface area contributed by atoms with Gasteiger partial charge in [-0.15, -0.1) is 0 Å². The SMILES string of the molecule is Nc1ncnc2c1C(=O)N(c1ccc3c(c1)CCC(=O)N3CC(=O)O)C=CO2. The highest BCUT2D eigenvalue weighted by Gasteiger charge is 2.29. The van der Waals surface area contributed by atoms with Crippen LogP contribution in [0.3, 0.4) is 0 Å². The number of benzene rings is 1. The monoisotopic (exact) mass is 381 g/mol. The average Bonchev–Trinajstić information content (AvgIpc) is 2.83. The number of ether oxygens (including phenoxy) is 1. The molecule has 0 fully saturated rings. The zero-order valence-corrected chi connectivity index (χ0v) is 14.5. The summed E-state index contributed by atoms with van der Waals surface area (Å²) in [5.41, 5.74) is 7.68. The Morgan fingerprint density at radius 1 is 1.25 bits per heavy atom. The van der Waals surface area contributed by atoms with E-state index in [4.69, 9.17) is 15.6 Å². The first-order chi connectivity index (χ1) is 13.5. The molecule has 2 aromatic rings. The van der Waals surface area contributed by atoms with Crippen molar-refractivity contribution in [2.45, 2.75) is 12.8 Å². The number of carboxylic acids is 1. The maximum Gasteiger partial charge on any atom is 0.323 e. The molecule has 0 aliphatic carbocycles. The van der Waals surface area contributed by atoms with Crippen LogP contribution in [0.15, 0.2) is 37.0 Å². The first-order valence-corrected chi connectivity index (χ1v) is 8.38. The number of aryl methyl sites for hydroxylation is 1. The number of anilines is 3. The highest BCUT2D eigenvalue weighted by atomic mass is 16.5. The van der Waals surface area contributed by atoms with E-state index < -0.39 is 18.4 Å². The van der Waals surface area contributed by atoms with Crippen molar-refractivity contribution >= 4 is 35.0 Å². The van der Waals surface area contributed by atoms with Crippen LogP contribution in [0, 0.1) is 0 Å². The van der Waals surface area contributed by atoms with E-state index in [0.717, 1.165) is 5.56 Å². The van der Waals surface area contributed by atoms with Gasteiger partial charge in [0.2, 0.25) is 11.8 Å². The van der Waals surface area contributed by atoms with E-state index >= 15 is 0 Å². The molecule has 1 aromatic heterocycles. The minimum absolute atomic E-state index is 0.000102. The average molecular weight is 381 g/mol. The molecule has 0 saturated carbocycles. The molecule has 10 nitrogen and oxygen atoms in total. The molecule has 3 heterocycles. The Kier molecular flexibility index (Phi) is 4.15. The summed E-state index contributed by atoms with van der Waals surface area (Å²) >= 11 is 0. The van der Waals surface area contributed by atoms with Crippen molar-refractivity contribution in [2.75, 3.05) is 22.1 Å². The highest BCUT2D eigenvalue weighted by Crippen LogP contribution is 2.34. The molecule has 0 saturated heterocycles. The fourth-order valence-electron chi connectivity index (χ4n) is 3.22. The Morgan fingerprint density at radius 2 is 2.07 bits per heavy atom. The fraction of sp³-hybridized carbons (Fsp3) is 0.167. The van der Waals surface area contributed by atoms with Gasteiger partial charge in [-0.3, -0.25) is 19.3 Å². The predicted molar refractivity (Wildman–Crippen MR) is 97.8 cm³/mol. The molecule has 142 valence electrons. The molecule has 0 bridgehead atoms. The molecule has 1 aromatic carbocycles. The third kappa shape index (κ3) is 2.90. The molecule has 10 heteroatoms. The van der Waals surface area contributed by atoms with Crippen LogP contribution >= 0.6 is 0 Å². The number of aliphatic carboxylic acids is 1. The van der Waals surface area contributed by atoms with Gasteiger partial charge in [-0.1, -0.05) is 0 Å². The summed E-state index contributed by atoms with van der Waals surface area (Å²) in [6, 6.07) is 4.99. The Labute approximate surface area is 158 Å². The number of fused-ring (bicyclic) bond motifs is 2. The number of amides is 2. The van der Waals surface area contributed by atoms with Gasteiger partial charge < -0.3 is 20.5 Å². The van der Waals surface area contributed by atoms with E-state index in [1.165, 1.54) is 28.6 Å². The summed E-state index contributed by atoms with van der Waals surface area (Å²) in [6.45, 7) is -0.414. The Hall–Kier alpha value is -3.95. The molecule has 0 atom stereocenters. The largest absolute Gasteiger partial charge is 0.480 e. The predicted octanol–water partition coefficient (Wildman–Crippen LogP) is 0.933. The van der Waals surface area contributed by atoms with Crippen molar-refractivity contribution in [3.05, 3.63) is 48.1 Å². The van der Waals surface area contributed by atoms with E-state index in [9.17, 15) is 14.4 Å². The quantitative estimate of drug-likeness (QED) is 0.800. The van der Waals surface area contributed by atoms with Gasteiger partial charge in [0, 0.05) is 24.0 Å². The number of carboxylic acid groups (broad SMARTS) is 1. The summed E-state index contributed by atoms with van der Waals surface area (Å²) in [7, 11) is 0. The Balaban J connectivity index is 1.73. The van der Waals surface area contributed by atoms with Gasteiger partial charge in [-0.05, 0) is 30.2 Å². The summed E-state index contributed by atoms with van der Waals surface area (Å²) in [6.07, 6.45) is 4.60. The van der Waals surface area contributed by atoms with E-state index in [1.54, 1.807) is 18.2 Å². The molecule has 28 heavy (non-hydrogen) atoms. The van der Waals surface area contributed by atoms with Crippen molar-refractivity contribution in [1.82, 2.24) is 9.97 Å². The molecule has 2 aliphatic rings. The Morgan fingerprint density at radius 3 is 2.86 bits per heavy atom. The number of hydrogen-bond donors (Lipinski definition) is 2. The van der Waals surface area contributed by atoms with Crippen molar-refractivity contribution in [1.29, 1.82) is 0 Å². The van der Waals surface area contributed by atoms with Gasteiger partial charge in [-0.2, -0.15) is 0 Å². The third-order valence-corrected chi connectivity index (χ3v) is 4.50. The molecule has 2 aliphatic heterocycles. The van der Waals surface area contributed by atoms with Gasteiger partial charge in [0.05, 0.1) is 0 Å². The normalized spacial score (nSPS) is 15.6. The summed E-state index contributed by atoms with van der Waals surface area (Å²) in [5.74, 6) is -1.75. The number of nitrogen functional groups attached to an aromatic ring is 1. The van der Waals surface area contributed by atoms with Crippen molar-refractivity contribution in [3.8, 4) is 5.88 Å². The minimum atomic E-state index is -1.10. The van der Waals surface area contributed by atoms with Crippen LogP contribution in [0.1, 0.15) is 22.3 Å². The lowest BCUT2D eigenvalue weighted by Crippen LogP contribution is -2.39. The zero-order valence-electron chi connectivity index (χ0n) is 14.5. The summed E-state index contributed by atoms with van der Waals surface area (Å²) < 4.78 is 5.35. The Bertz CT molecular complexity index is 1040. The molecular formula is C18H15N5O5. The van der Waals surface area contributed by atoms with E-state index in [2.05, 4.69) is 9.97 Å². The van der Waals surface area contributed by atoms with Crippen molar-refractivity contribution in [3.63, 3.8) is 0 Å². The lowest BCUT2D eigenvalue weighted by molar-refractivity contribution is -0.136. The first kappa shape index (κ1) is 17.5. The van der Waals surface area contributed by atoms with Gasteiger partial charge >= 0.3 is 5.97 Å². The minimum Gasteiger partial charge on any atom is -0.480 e. The molecule has 0 spiro atoms. The van der Waals surface area contributed by atoms with Crippen LogP contribution in [0.2, 0.25) is 0 Å². The number of nitrogens with two attached hydrogens (primary N) is 1. The molecular weight excluding hydrogens is 366 g/mol. The topological polar surface area (TPSA) is 139 Å². The van der Waals surface area contributed by atoms with Crippen LogP contribution in [-0.4, -0.2) is 39.4 Å². The van der Waals surface area contributed by atoms with Crippen molar-refractivity contribution < 1.29 is 24.2 Å². The summed E-state index contributed by atoms with van der Waals surface area (Å²) in [4.78, 5) is 46.5. The molecule has 3 N–H and O–H groups in total. The number of carbonyl (C=O) groups excluding carboxylic acids is 2. The molecule has 4 rings (SSSR count). The van der Waals surface area contributed by atoms with E-state index in [1.807, 2.05) is 0 Å². The first-order valence-electron chi connectivity index (χ1n) is 8.38. The standard InChI is InChI=1S/C18H15N5O5/c19-16-15-17(21-9-20-16)28-6-5-22(18(15)27)11-2-3-12-10(7-11)1-4-13(24)23(12)8-14(25)26/h2-3,5-7,9H,1,4,8H2,(H,25,26)(H2,19,20,21). The number of carbonyl (C=O) groups is 3. The highest BCUT2D eigenvalue weighted by molar-refractivity contribution is 6.12. The van der Waals surface area contributed by atoms with Crippen LogP contribution in [0.5, 0.6) is 5.88 Å². The van der Waals surface area contributed by atoms with Crippen LogP contribution in [-0.2, 0) is 16.0 Å². The van der Waals surface area contributed by atoms with E-state index in [-0.39, 0.29) is 29.6 Å². The van der Waals surface area contributed by atoms with Gasteiger partial charge in [-0.25, -0.2) is 9.97 Å². The smallest absolute Gasteiger partial charge is 0.323 e. The van der Waals surface area contributed by atoms with Crippen LogP contribution < -0.4 is 20.3 Å². The van der Waals surface area contributed by atoms with E-state index in [0.29, 0.717) is 17.8 Å². The maximum absolute atomic E-state index is 13.0. The zero-order chi connectivity index (χ0) is 19.8. The number of hydrogen-bond acceptors (Lipinski definition) is 7. The molecule has 2 amide bonds. The summed E-state index contributed by atoms with van der Waals surface area (Å²) in [5, 5.41) is 9.06. The number of nitrogens with zero attached hydrogens (tertiary/aromatic N) is 4. The second-order valence-electron chi connectivity index (χ2n) is 6.20. The fourth-order valence-corrected chi connectivity index (χ4v) is 3.22. The molecule has 0 radical (unpaired) electrons. The van der Waals surface area contributed by atoms with Crippen molar-refractivity contribution in [2.24, 2.45) is 0 Å². The number of rotatable bonds is 3. The lowest BCUT2D eigenvalue weighted by Gasteiger charge is -2.29.